The van der Waals surface area contributed by atoms with Gasteiger partial charge >= 0.3 is 0 Å². The van der Waals surface area contributed by atoms with Crippen LogP contribution in [0.2, 0.25) is 5.02 Å². The van der Waals surface area contributed by atoms with Crippen molar-refractivity contribution >= 4 is 34.7 Å². The van der Waals surface area contributed by atoms with Crippen molar-refractivity contribution in [3.63, 3.8) is 0 Å². The van der Waals surface area contributed by atoms with Crippen LogP contribution >= 0.6 is 11.6 Å². The molecule has 0 saturated carbocycles. The number of Topliss-reactive ketones (excluding diaryl/α,β-unsaturated/α-hetero) is 1. The molecular formula is C23H16ClFN2O4. The average Bonchev–Trinajstić information content (AvgIpc) is 3.04. The molecule has 4 rings (SSSR count). The van der Waals surface area contributed by atoms with Crippen molar-refractivity contribution in [3.05, 3.63) is 94.5 Å². The molecule has 8 heteroatoms. The molecule has 1 aliphatic rings. The van der Waals surface area contributed by atoms with E-state index in [4.69, 9.17) is 16.3 Å². The quantitative estimate of drug-likeness (QED) is 0.368. The highest BCUT2D eigenvalue weighted by atomic mass is 35.5. The number of aromatic nitrogens is 1. The summed E-state index contributed by atoms with van der Waals surface area (Å²) in [5.74, 6) is -2.78. The number of aliphatic hydroxyl groups is 1. The smallest absolute Gasteiger partial charge is 0.300 e. The maximum atomic E-state index is 13.9. The van der Waals surface area contributed by atoms with Crippen LogP contribution in [-0.2, 0) is 9.59 Å². The third kappa shape index (κ3) is 3.64. The third-order valence-corrected chi connectivity index (χ3v) is 5.20. The zero-order chi connectivity index (χ0) is 22.1. The van der Waals surface area contributed by atoms with Crippen molar-refractivity contribution in [2.75, 3.05) is 12.0 Å². The van der Waals surface area contributed by atoms with Gasteiger partial charge in [0, 0.05) is 23.1 Å². The number of nitrogens with zero attached hydrogens (tertiary/aromatic N) is 2. The fourth-order valence-corrected chi connectivity index (χ4v) is 3.78. The number of pyridine rings is 1. The molecule has 6 nitrogen and oxygen atoms in total. The molecule has 2 heterocycles. The van der Waals surface area contributed by atoms with Crippen molar-refractivity contribution in [1.29, 1.82) is 0 Å². The average molecular weight is 439 g/mol. The van der Waals surface area contributed by atoms with Gasteiger partial charge in [-0.3, -0.25) is 19.5 Å². The molecule has 2 aromatic carbocycles. The SMILES string of the molecule is COc1ccc(F)cc1/C(O)=C1\C(=O)C(=O)N(c2cccc(Cl)c2)C1c1ccncc1. The van der Waals surface area contributed by atoms with Crippen LogP contribution in [0.25, 0.3) is 5.76 Å². The van der Waals surface area contributed by atoms with E-state index >= 15 is 0 Å². The highest BCUT2D eigenvalue weighted by Crippen LogP contribution is 2.43. The molecule has 3 aromatic rings. The standard InChI is InChI=1S/C23H16ClFN2O4/c1-31-18-6-5-15(25)12-17(18)21(28)19-20(13-7-9-26-10-8-13)27(23(30)22(19)29)16-4-2-3-14(24)11-16/h2-12,20,28H,1H3/b21-19+. The third-order valence-electron chi connectivity index (χ3n) is 4.97. The van der Waals surface area contributed by atoms with E-state index < -0.39 is 29.3 Å². The molecule has 31 heavy (non-hydrogen) atoms. The molecule has 0 aliphatic carbocycles. The summed E-state index contributed by atoms with van der Waals surface area (Å²) in [5, 5.41) is 11.5. The fraction of sp³-hybridized carbons (Fsp3) is 0.0870. The van der Waals surface area contributed by atoms with Crippen LogP contribution < -0.4 is 9.64 Å². The Morgan fingerprint density at radius 1 is 1.13 bits per heavy atom. The molecule has 1 saturated heterocycles. The van der Waals surface area contributed by atoms with Crippen LogP contribution in [0.5, 0.6) is 5.75 Å². The molecule has 156 valence electrons. The molecule has 0 bridgehead atoms. The molecule has 0 radical (unpaired) electrons. The minimum atomic E-state index is -0.977. The molecular weight excluding hydrogens is 423 g/mol. The first-order valence-corrected chi connectivity index (χ1v) is 9.60. The van der Waals surface area contributed by atoms with E-state index in [9.17, 15) is 19.1 Å². The maximum absolute atomic E-state index is 13.9. The van der Waals surface area contributed by atoms with Gasteiger partial charge in [0.15, 0.2) is 0 Å². The summed E-state index contributed by atoms with van der Waals surface area (Å²) in [6.45, 7) is 0. The summed E-state index contributed by atoms with van der Waals surface area (Å²) in [7, 11) is 1.36. The summed E-state index contributed by atoms with van der Waals surface area (Å²) in [5.41, 5.74) is 0.679. The minimum absolute atomic E-state index is 0.0364. The number of amides is 1. The molecule has 1 amide bonds. The minimum Gasteiger partial charge on any atom is -0.507 e. The van der Waals surface area contributed by atoms with E-state index in [-0.39, 0.29) is 16.9 Å². The van der Waals surface area contributed by atoms with E-state index in [0.717, 1.165) is 6.07 Å². The van der Waals surface area contributed by atoms with Crippen LogP contribution in [0, 0.1) is 5.82 Å². The van der Waals surface area contributed by atoms with E-state index in [1.807, 2.05) is 0 Å². The Bertz CT molecular complexity index is 1210. The van der Waals surface area contributed by atoms with Crippen molar-refractivity contribution in [2.24, 2.45) is 0 Å². The Hall–Kier alpha value is -3.71. The molecule has 1 atom stereocenters. The molecule has 1 aromatic heterocycles. The topological polar surface area (TPSA) is 79.7 Å². The summed E-state index contributed by atoms with van der Waals surface area (Å²) < 4.78 is 19.1. The number of aliphatic hydroxyl groups excluding tert-OH is 1. The molecule has 1 N–H and O–H groups in total. The number of benzene rings is 2. The van der Waals surface area contributed by atoms with Crippen molar-refractivity contribution in [3.8, 4) is 5.75 Å². The van der Waals surface area contributed by atoms with Crippen LogP contribution in [0.1, 0.15) is 17.2 Å². The van der Waals surface area contributed by atoms with Gasteiger partial charge in [0.1, 0.15) is 17.3 Å². The fourth-order valence-electron chi connectivity index (χ4n) is 3.60. The zero-order valence-electron chi connectivity index (χ0n) is 16.3. The van der Waals surface area contributed by atoms with Gasteiger partial charge in [0.2, 0.25) is 0 Å². The lowest BCUT2D eigenvalue weighted by Crippen LogP contribution is -2.29. The van der Waals surface area contributed by atoms with Crippen LogP contribution in [0.4, 0.5) is 10.1 Å². The van der Waals surface area contributed by atoms with E-state index in [0.29, 0.717) is 16.3 Å². The number of methoxy groups -OCH3 is 1. The normalized spacial score (nSPS) is 17.8. The summed E-state index contributed by atoms with van der Waals surface area (Å²) in [6, 6.07) is 12.3. The van der Waals surface area contributed by atoms with Gasteiger partial charge in [-0.15, -0.1) is 0 Å². The summed E-state index contributed by atoms with van der Waals surface area (Å²) in [6.07, 6.45) is 3.02. The number of anilines is 1. The number of carbonyl (C=O) groups excluding carboxylic acids is 2. The Labute approximate surface area is 182 Å². The molecule has 0 spiro atoms. The number of halogens is 2. The van der Waals surface area contributed by atoms with Gasteiger partial charge in [-0.25, -0.2) is 4.39 Å². The second-order valence-corrected chi connectivity index (χ2v) is 7.21. The van der Waals surface area contributed by atoms with Gasteiger partial charge < -0.3 is 9.84 Å². The first-order valence-electron chi connectivity index (χ1n) is 9.22. The Kier molecular flexibility index (Phi) is 5.44. The lowest BCUT2D eigenvalue weighted by atomic mass is 9.95. The molecule has 1 aliphatic heterocycles. The predicted octanol–water partition coefficient (Wildman–Crippen LogP) is 4.51. The molecule has 1 unspecified atom stereocenters. The van der Waals surface area contributed by atoms with E-state index in [1.165, 1.54) is 36.5 Å². The van der Waals surface area contributed by atoms with Crippen LogP contribution in [0.3, 0.4) is 0 Å². The number of rotatable bonds is 4. The largest absolute Gasteiger partial charge is 0.507 e. The monoisotopic (exact) mass is 438 g/mol. The number of hydrogen-bond donors (Lipinski definition) is 1. The highest BCUT2D eigenvalue weighted by molar-refractivity contribution is 6.51. The number of carbonyl (C=O) groups is 2. The van der Waals surface area contributed by atoms with Gasteiger partial charge in [-0.2, -0.15) is 0 Å². The second-order valence-electron chi connectivity index (χ2n) is 6.77. The number of ether oxygens (including phenoxy) is 1. The zero-order valence-corrected chi connectivity index (χ0v) is 17.0. The Morgan fingerprint density at radius 2 is 1.87 bits per heavy atom. The number of hydrogen-bond acceptors (Lipinski definition) is 5. The van der Waals surface area contributed by atoms with Gasteiger partial charge in [-0.05, 0) is 54.1 Å². The number of ketones is 1. The van der Waals surface area contributed by atoms with Gasteiger partial charge in [-0.1, -0.05) is 17.7 Å². The van der Waals surface area contributed by atoms with E-state index in [2.05, 4.69) is 4.98 Å². The summed E-state index contributed by atoms with van der Waals surface area (Å²) >= 11 is 6.10. The van der Waals surface area contributed by atoms with Crippen molar-refractivity contribution in [2.45, 2.75) is 6.04 Å². The second kappa shape index (κ2) is 8.20. The van der Waals surface area contributed by atoms with Gasteiger partial charge in [0.05, 0.1) is 24.3 Å². The predicted molar refractivity (Wildman–Crippen MR) is 113 cm³/mol. The first kappa shape index (κ1) is 20.6. The molecule has 1 fully saturated rings. The lowest BCUT2D eigenvalue weighted by molar-refractivity contribution is -0.132. The maximum Gasteiger partial charge on any atom is 0.300 e. The summed E-state index contributed by atoms with van der Waals surface area (Å²) in [4.78, 5) is 31.3. The van der Waals surface area contributed by atoms with Crippen molar-refractivity contribution in [1.82, 2.24) is 4.98 Å². The highest BCUT2D eigenvalue weighted by Gasteiger charge is 2.47. The van der Waals surface area contributed by atoms with Crippen molar-refractivity contribution < 1.29 is 23.8 Å². The lowest BCUT2D eigenvalue weighted by Gasteiger charge is -2.25. The van der Waals surface area contributed by atoms with Crippen LogP contribution in [0.15, 0.2) is 72.6 Å². The van der Waals surface area contributed by atoms with E-state index in [1.54, 1.807) is 36.4 Å². The Morgan fingerprint density at radius 3 is 2.55 bits per heavy atom. The Balaban J connectivity index is 1.99. The first-order chi connectivity index (χ1) is 14.9. The van der Waals surface area contributed by atoms with Gasteiger partial charge in [0.25, 0.3) is 11.7 Å². The van der Waals surface area contributed by atoms with Crippen LogP contribution in [-0.4, -0.2) is 28.9 Å².